The van der Waals surface area contributed by atoms with Crippen LogP contribution < -0.4 is 9.46 Å². The summed E-state index contributed by atoms with van der Waals surface area (Å²) in [5, 5.41) is 10.1. The molecule has 1 aromatic rings. The molecule has 5 nitrogen and oxygen atoms in total. The lowest BCUT2D eigenvalue weighted by Crippen LogP contribution is -2.43. The third-order valence-corrected chi connectivity index (χ3v) is 5.46. The summed E-state index contributed by atoms with van der Waals surface area (Å²) >= 11 is 0. The fraction of sp³-hybridized carbons (Fsp3) is 0.600. The van der Waals surface area contributed by atoms with E-state index in [4.69, 9.17) is 4.74 Å². The van der Waals surface area contributed by atoms with Gasteiger partial charge in [0, 0.05) is 6.04 Å². The van der Waals surface area contributed by atoms with Crippen molar-refractivity contribution in [2.45, 2.75) is 55.6 Å². The molecule has 0 aliphatic heterocycles. The van der Waals surface area contributed by atoms with Gasteiger partial charge >= 0.3 is 0 Å². The molecule has 0 aromatic heterocycles. The van der Waals surface area contributed by atoms with Crippen molar-refractivity contribution in [1.82, 2.24) is 4.72 Å². The SMILES string of the molecule is COc1ccc(S(=O)(=O)N[C@H]2CCCCCC[C@@H]2O)cc1F. The maximum atomic E-state index is 13.7. The van der Waals surface area contributed by atoms with Gasteiger partial charge in [-0.15, -0.1) is 0 Å². The first kappa shape index (κ1) is 17.2. The Hall–Kier alpha value is -1.18. The van der Waals surface area contributed by atoms with Gasteiger partial charge in [0.1, 0.15) is 0 Å². The van der Waals surface area contributed by atoms with E-state index in [1.54, 1.807) is 0 Å². The second-order valence-electron chi connectivity index (χ2n) is 5.58. The van der Waals surface area contributed by atoms with E-state index in [0.717, 1.165) is 31.7 Å². The molecule has 2 atom stereocenters. The van der Waals surface area contributed by atoms with E-state index in [2.05, 4.69) is 4.72 Å². The highest BCUT2D eigenvalue weighted by molar-refractivity contribution is 7.89. The summed E-state index contributed by atoms with van der Waals surface area (Å²) in [4.78, 5) is -0.167. The molecule has 0 unspecified atom stereocenters. The zero-order chi connectivity index (χ0) is 16.2. The fourth-order valence-electron chi connectivity index (χ4n) is 2.68. The number of aliphatic hydroxyl groups excluding tert-OH is 1. The van der Waals surface area contributed by atoms with E-state index in [1.165, 1.54) is 19.2 Å². The number of ether oxygens (including phenoxy) is 1. The summed E-state index contributed by atoms with van der Waals surface area (Å²) in [6, 6.07) is 2.96. The highest BCUT2D eigenvalue weighted by Crippen LogP contribution is 2.23. The van der Waals surface area contributed by atoms with Crippen LogP contribution in [0.1, 0.15) is 38.5 Å². The van der Waals surface area contributed by atoms with Gasteiger partial charge in [-0.2, -0.15) is 0 Å². The zero-order valence-corrected chi connectivity index (χ0v) is 13.4. The van der Waals surface area contributed by atoms with Gasteiger partial charge in [-0.25, -0.2) is 17.5 Å². The second kappa shape index (κ2) is 7.39. The number of nitrogens with one attached hydrogen (secondary N) is 1. The van der Waals surface area contributed by atoms with Crippen LogP contribution in [0, 0.1) is 5.82 Å². The molecule has 2 rings (SSSR count). The Labute approximate surface area is 130 Å². The van der Waals surface area contributed by atoms with E-state index in [1.807, 2.05) is 0 Å². The van der Waals surface area contributed by atoms with E-state index in [9.17, 15) is 17.9 Å². The average molecular weight is 331 g/mol. The molecular formula is C15H22FNO4S. The molecule has 2 N–H and O–H groups in total. The molecule has 1 aromatic carbocycles. The van der Waals surface area contributed by atoms with Gasteiger partial charge < -0.3 is 9.84 Å². The Bertz CT molecular complexity index is 606. The summed E-state index contributed by atoms with van der Waals surface area (Å²) < 4.78 is 45.7. The number of benzene rings is 1. The van der Waals surface area contributed by atoms with Gasteiger partial charge in [0.2, 0.25) is 10.0 Å². The lowest BCUT2D eigenvalue weighted by Gasteiger charge is -2.26. The van der Waals surface area contributed by atoms with E-state index >= 15 is 0 Å². The van der Waals surface area contributed by atoms with Gasteiger partial charge in [0.05, 0.1) is 18.1 Å². The van der Waals surface area contributed by atoms with E-state index < -0.39 is 28.0 Å². The lowest BCUT2D eigenvalue weighted by molar-refractivity contribution is 0.114. The summed E-state index contributed by atoms with van der Waals surface area (Å²) in [6.45, 7) is 0. The minimum atomic E-state index is -3.87. The van der Waals surface area contributed by atoms with Gasteiger partial charge in [0.15, 0.2) is 11.6 Å². The Morgan fingerprint density at radius 1 is 1.23 bits per heavy atom. The normalized spacial score (nSPS) is 23.6. The highest BCUT2D eigenvalue weighted by atomic mass is 32.2. The number of hydrogen-bond acceptors (Lipinski definition) is 4. The maximum absolute atomic E-state index is 13.7. The Kier molecular flexibility index (Phi) is 5.77. The molecule has 7 heteroatoms. The zero-order valence-electron chi connectivity index (χ0n) is 12.6. The molecular weight excluding hydrogens is 309 g/mol. The first-order chi connectivity index (χ1) is 10.4. The number of rotatable bonds is 4. The minimum absolute atomic E-state index is 0.00932. The summed E-state index contributed by atoms with van der Waals surface area (Å²) in [7, 11) is -2.56. The van der Waals surface area contributed by atoms with Crippen molar-refractivity contribution in [3.8, 4) is 5.75 Å². The Morgan fingerprint density at radius 2 is 1.91 bits per heavy atom. The molecule has 1 saturated carbocycles. The van der Waals surface area contributed by atoms with Crippen molar-refractivity contribution < 1.29 is 22.7 Å². The van der Waals surface area contributed by atoms with E-state index in [0.29, 0.717) is 12.8 Å². The molecule has 1 aliphatic carbocycles. The van der Waals surface area contributed by atoms with Crippen LogP contribution >= 0.6 is 0 Å². The summed E-state index contributed by atoms with van der Waals surface area (Å²) in [6.07, 6.45) is 4.28. The number of hydrogen-bond donors (Lipinski definition) is 2. The van der Waals surface area contributed by atoms with Gasteiger partial charge in [-0.1, -0.05) is 25.7 Å². The van der Waals surface area contributed by atoms with Crippen molar-refractivity contribution in [2.75, 3.05) is 7.11 Å². The Balaban J connectivity index is 2.17. The van der Waals surface area contributed by atoms with Crippen molar-refractivity contribution in [1.29, 1.82) is 0 Å². The lowest BCUT2D eigenvalue weighted by atomic mass is 9.95. The van der Waals surface area contributed by atoms with Crippen LogP contribution in [0.5, 0.6) is 5.75 Å². The summed E-state index contributed by atoms with van der Waals surface area (Å²) in [5.41, 5.74) is 0. The third kappa shape index (κ3) is 4.18. The van der Waals surface area contributed by atoms with Crippen molar-refractivity contribution >= 4 is 10.0 Å². The van der Waals surface area contributed by atoms with Crippen LogP contribution in [0.3, 0.4) is 0 Å². The van der Waals surface area contributed by atoms with Crippen LogP contribution in [-0.4, -0.2) is 32.8 Å². The molecule has 1 fully saturated rings. The molecule has 124 valence electrons. The van der Waals surface area contributed by atoms with Crippen LogP contribution in [0.2, 0.25) is 0 Å². The third-order valence-electron chi connectivity index (χ3n) is 3.97. The quantitative estimate of drug-likeness (QED) is 0.887. The fourth-order valence-corrected chi connectivity index (χ4v) is 4.00. The minimum Gasteiger partial charge on any atom is -0.494 e. The standard InChI is InChI=1S/C15H22FNO4S/c1-21-15-9-8-11(10-12(15)16)22(19,20)17-13-6-4-2-3-5-7-14(13)18/h8-10,13-14,17-18H,2-7H2,1H3/t13-,14-/m0/s1. The van der Waals surface area contributed by atoms with Crippen LogP contribution in [-0.2, 0) is 10.0 Å². The second-order valence-corrected chi connectivity index (χ2v) is 7.30. The monoisotopic (exact) mass is 331 g/mol. The molecule has 1 aliphatic rings. The molecule has 0 bridgehead atoms. The Morgan fingerprint density at radius 3 is 2.55 bits per heavy atom. The number of aliphatic hydroxyl groups is 1. The van der Waals surface area contributed by atoms with Crippen molar-refractivity contribution in [3.63, 3.8) is 0 Å². The molecule has 0 heterocycles. The molecule has 0 spiro atoms. The highest BCUT2D eigenvalue weighted by Gasteiger charge is 2.27. The first-order valence-electron chi connectivity index (χ1n) is 7.48. The van der Waals surface area contributed by atoms with Gasteiger partial charge in [-0.3, -0.25) is 0 Å². The number of methoxy groups -OCH3 is 1. The van der Waals surface area contributed by atoms with Crippen LogP contribution in [0.15, 0.2) is 23.1 Å². The predicted octanol–water partition coefficient (Wildman–Crippen LogP) is 2.20. The van der Waals surface area contributed by atoms with Gasteiger partial charge in [0.25, 0.3) is 0 Å². The first-order valence-corrected chi connectivity index (χ1v) is 8.96. The smallest absolute Gasteiger partial charge is 0.241 e. The van der Waals surface area contributed by atoms with E-state index in [-0.39, 0.29) is 10.6 Å². The predicted molar refractivity (Wildman–Crippen MR) is 80.8 cm³/mol. The van der Waals surface area contributed by atoms with Crippen LogP contribution in [0.4, 0.5) is 4.39 Å². The van der Waals surface area contributed by atoms with Crippen molar-refractivity contribution in [3.05, 3.63) is 24.0 Å². The van der Waals surface area contributed by atoms with Crippen LogP contribution in [0.25, 0.3) is 0 Å². The summed E-state index contributed by atoms with van der Waals surface area (Å²) in [5.74, 6) is -0.742. The average Bonchev–Trinajstić information content (AvgIpc) is 2.47. The van der Waals surface area contributed by atoms with Crippen molar-refractivity contribution in [2.24, 2.45) is 0 Å². The maximum Gasteiger partial charge on any atom is 0.241 e. The molecule has 0 saturated heterocycles. The topological polar surface area (TPSA) is 75.6 Å². The van der Waals surface area contributed by atoms with Gasteiger partial charge in [-0.05, 0) is 31.0 Å². The largest absolute Gasteiger partial charge is 0.494 e. The number of sulfonamides is 1. The molecule has 0 amide bonds. The molecule has 22 heavy (non-hydrogen) atoms. The number of halogens is 1. The molecule has 0 radical (unpaired) electrons.